The number of benzene rings is 1. The van der Waals surface area contributed by atoms with E-state index in [-0.39, 0.29) is 17.9 Å². The molecule has 0 saturated carbocycles. The van der Waals surface area contributed by atoms with E-state index >= 15 is 0 Å². The monoisotopic (exact) mass is 442 g/mol. The van der Waals surface area contributed by atoms with Gasteiger partial charge in [-0.1, -0.05) is 28.6 Å². The molecule has 3 heterocycles. The van der Waals surface area contributed by atoms with Crippen molar-refractivity contribution in [1.82, 2.24) is 15.0 Å². The van der Waals surface area contributed by atoms with E-state index in [9.17, 15) is 9.59 Å². The predicted octanol–water partition coefficient (Wildman–Crippen LogP) is 4.76. The molecule has 1 saturated heterocycles. The summed E-state index contributed by atoms with van der Waals surface area (Å²) >= 11 is 1.42. The van der Waals surface area contributed by atoms with Crippen molar-refractivity contribution in [2.75, 3.05) is 18.4 Å². The molecule has 8 nitrogen and oxygen atoms in total. The molecule has 1 aliphatic heterocycles. The van der Waals surface area contributed by atoms with Gasteiger partial charge in [-0.2, -0.15) is 0 Å². The standard InChI is InChI=1S/C22H26N4O4S/c1-12-17(13(2)30-25-12)15-7-6-8-16-18(15)31-20(23-16)24-19(27)14-9-10-26(11-14)21(28)29-22(3,4)5/h6-8,14H,9-11H2,1-5H3,(H,23,24,27)/t14-/m0/s1. The van der Waals surface area contributed by atoms with Gasteiger partial charge in [0.25, 0.3) is 0 Å². The van der Waals surface area contributed by atoms with Crippen molar-refractivity contribution in [2.24, 2.45) is 5.92 Å². The molecular weight excluding hydrogens is 416 g/mol. The Morgan fingerprint density at radius 1 is 1.29 bits per heavy atom. The summed E-state index contributed by atoms with van der Waals surface area (Å²) in [5, 5.41) is 7.52. The summed E-state index contributed by atoms with van der Waals surface area (Å²) in [7, 11) is 0. The highest BCUT2D eigenvalue weighted by atomic mass is 32.1. The summed E-state index contributed by atoms with van der Waals surface area (Å²) in [5.41, 5.74) is 3.01. The Morgan fingerprint density at radius 2 is 2.06 bits per heavy atom. The van der Waals surface area contributed by atoms with Gasteiger partial charge in [0.05, 0.1) is 21.8 Å². The Balaban J connectivity index is 1.49. The molecule has 0 aliphatic carbocycles. The first-order chi connectivity index (χ1) is 14.6. The van der Waals surface area contributed by atoms with Crippen LogP contribution in [-0.4, -0.2) is 45.7 Å². The number of carbonyl (C=O) groups excluding carboxylic acids is 2. The Bertz CT molecular complexity index is 1120. The van der Waals surface area contributed by atoms with E-state index in [0.29, 0.717) is 24.6 Å². The number of ether oxygens (including phenoxy) is 1. The van der Waals surface area contributed by atoms with Gasteiger partial charge in [-0.15, -0.1) is 0 Å². The third-order valence-electron chi connectivity index (χ3n) is 5.16. The first kappa shape index (κ1) is 21.3. The number of likely N-dealkylation sites (tertiary alicyclic amines) is 1. The quantitative estimate of drug-likeness (QED) is 0.628. The molecule has 9 heteroatoms. The lowest BCUT2D eigenvalue weighted by molar-refractivity contribution is -0.119. The van der Waals surface area contributed by atoms with Crippen molar-refractivity contribution >= 4 is 38.7 Å². The molecule has 2 aromatic heterocycles. The molecule has 1 fully saturated rings. The Hall–Kier alpha value is -2.94. The zero-order chi connectivity index (χ0) is 22.3. The molecule has 0 bridgehead atoms. The normalized spacial score (nSPS) is 16.7. The van der Waals surface area contributed by atoms with E-state index in [1.165, 1.54) is 11.3 Å². The topological polar surface area (TPSA) is 97.6 Å². The fraction of sp³-hybridized carbons (Fsp3) is 0.455. The van der Waals surface area contributed by atoms with Crippen molar-refractivity contribution < 1.29 is 18.8 Å². The summed E-state index contributed by atoms with van der Waals surface area (Å²) in [6.45, 7) is 10.1. The minimum absolute atomic E-state index is 0.135. The van der Waals surface area contributed by atoms with Crippen LogP contribution in [0.25, 0.3) is 21.3 Å². The van der Waals surface area contributed by atoms with Gasteiger partial charge in [0.15, 0.2) is 5.13 Å². The van der Waals surface area contributed by atoms with Crippen LogP contribution < -0.4 is 5.32 Å². The molecule has 0 unspecified atom stereocenters. The summed E-state index contributed by atoms with van der Waals surface area (Å²) in [5.74, 6) is 0.322. The SMILES string of the molecule is Cc1noc(C)c1-c1cccc2nc(NC(=O)[C@H]3CCN(C(=O)OC(C)(C)C)C3)sc12. The van der Waals surface area contributed by atoms with Crippen molar-refractivity contribution in [1.29, 1.82) is 0 Å². The number of amides is 2. The number of nitrogens with zero attached hydrogens (tertiary/aromatic N) is 3. The largest absolute Gasteiger partial charge is 0.444 e. The van der Waals surface area contributed by atoms with E-state index in [2.05, 4.69) is 15.5 Å². The lowest BCUT2D eigenvalue weighted by Crippen LogP contribution is -2.36. The fourth-order valence-corrected chi connectivity index (χ4v) is 4.73. The highest BCUT2D eigenvalue weighted by Crippen LogP contribution is 2.38. The van der Waals surface area contributed by atoms with Gasteiger partial charge in [-0.25, -0.2) is 9.78 Å². The third-order valence-corrected chi connectivity index (χ3v) is 6.18. The highest BCUT2D eigenvalue weighted by Gasteiger charge is 2.33. The van der Waals surface area contributed by atoms with Gasteiger partial charge >= 0.3 is 6.09 Å². The molecule has 0 radical (unpaired) electrons. The van der Waals surface area contributed by atoms with Crippen LogP contribution in [0.2, 0.25) is 0 Å². The van der Waals surface area contributed by atoms with Crippen LogP contribution in [0.5, 0.6) is 0 Å². The van der Waals surface area contributed by atoms with E-state index < -0.39 is 5.60 Å². The number of thiazole rings is 1. The number of rotatable bonds is 3. The molecule has 1 N–H and O–H groups in total. The van der Waals surface area contributed by atoms with Gasteiger partial charge in [-0.3, -0.25) is 4.79 Å². The number of carbonyl (C=O) groups is 2. The lowest BCUT2D eigenvalue weighted by atomic mass is 10.0. The van der Waals surface area contributed by atoms with Gasteiger partial charge in [0.1, 0.15) is 11.4 Å². The minimum atomic E-state index is -0.558. The maximum absolute atomic E-state index is 12.8. The first-order valence-electron chi connectivity index (χ1n) is 10.2. The molecular formula is C22H26N4O4S. The van der Waals surface area contributed by atoms with Crippen LogP contribution in [0.1, 0.15) is 38.6 Å². The van der Waals surface area contributed by atoms with Crippen LogP contribution in [0.15, 0.2) is 22.7 Å². The molecule has 1 aliphatic rings. The summed E-state index contributed by atoms with van der Waals surface area (Å²) < 4.78 is 11.7. The molecule has 1 aromatic carbocycles. The third kappa shape index (κ3) is 4.41. The van der Waals surface area contributed by atoms with E-state index in [1.807, 2.05) is 52.8 Å². The molecule has 164 valence electrons. The second kappa shape index (κ2) is 7.96. The van der Waals surface area contributed by atoms with E-state index in [1.54, 1.807) is 4.90 Å². The van der Waals surface area contributed by atoms with E-state index in [0.717, 1.165) is 32.8 Å². The molecule has 2 amide bonds. The summed E-state index contributed by atoms with van der Waals surface area (Å²) in [6.07, 6.45) is 0.215. The molecule has 0 spiro atoms. The zero-order valence-electron chi connectivity index (χ0n) is 18.3. The van der Waals surface area contributed by atoms with Crippen LogP contribution in [0.3, 0.4) is 0 Å². The number of fused-ring (bicyclic) bond motifs is 1. The van der Waals surface area contributed by atoms with Gasteiger partial charge in [-0.05, 0) is 47.1 Å². The number of nitrogens with one attached hydrogen (secondary N) is 1. The average molecular weight is 443 g/mol. The Kier molecular flexibility index (Phi) is 5.47. The van der Waals surface area contributed by atoms with Crippen LogP contribution in [0, 0.1) is 19.8 Å². The average Bonchev–Trinajstić information content (AvgIpc) is 3.39. The Morgan fingerprint density at radius 3 is 2.74 bits per heavy atom. The molecule has 1 atom stereocenters. The lowest BCUT2D eigenvalue weighted by Gasteiger charge is -2.24. The van der Waals surface area contributed by atoms with E-state index in [4.69, 9.17) is 9.26 Å². The molecule has 4 rings (SSSR count). The van der Waals surface area contributed by atoms with Crippen molar-refractivity contribution in [3.63, 3.8) is 0 Å². The van der Waals surface area contributed by atoms with Gasteiger partial charge < -0.3 is 19.5 Å². The minimum Gasteiger partial charge on any atom is -0.444 e. The molecule has 3 aromatic rings. The summed E-state index contributed by atoms with van der Waals surface area (Å²) in [4.78, 5) is 31.3. The maximum atomic E-state index is 12.8. The molecule has 31 heavy (non-hydrogen) atoms. The van der Waals surface area contributed by atoms with Crippen molar-refractivity contribution in [3.05, 3.63) is 29.7 Å². The first-order valence-corrected chi connectivity index (χ1v) is 11.1. The maximum Gasteiger partial charge on any atom is 0.410 e. The number of aryl methyl sites for hydroxylation is 2. The van der Waals surface area contributed by atoms with Gasteiger partial charge in [0.2, 0.25) is 5.91 Å². The van der Waals surface area contributed by atoms with Gasteiger partial charge in [0, 0.05) is 24.2 Å². The number of hydrogen-bond donors (Lipinski definition) is 1. The fourth-order valence-electron chi connectivity index (χ4n) is 3.74. The van der Waals surface area contributed by atoms with Crippen molar-refractivity contribution in [2.45, 2.75) is 46.6 Å². The smallest absolute Gasteiger partial charge is 0.410 e. The van der Waals surface area contributed by atoms with Crippen molar-refractivity contribution in [3.8, 4) is 11.1 Å². The highest BCUT2D eigenvalue weighted by molar-refractivity contribution is 7.22. The summed E-state index contributed by atoms with van der Waals surface area (Å²) in [6, 6.07) is 5.86. The van der Waals surface area contributed by atoms with Crippen LogP contribution >= 0.6 is 11.3 Å². The predicted molar refractivity (Wildman–Crippen MR) is 119 cm³/mol. The Labute approximate surface area is 184 Å². The number of anilines is 1. The zero-order valence-corrected chi connectivity index (χ0v) is 19.1. The second-order valence-electron chi connectivity index (χ2n) is 8.77. The number of aromatic nitrogens is 2. The number of hydrogen-bond acceptors (Lipinski definition) is 7. The van der Waals surface area contributed by atoms with Crippen LogP contribution in [0.4, 0.5) is 9.93 Å². The van der Waals surface area contributed by atoms with Crippen LogP contribution in [-0.2, 0) is 9.53 Å². The second-order valence-corrected chi connectivity index (χ2v) is 9.77.